The molecule has 0 saturated heterocycles. The fourth-order valence-electron chi connectivity index (χ4n) is 1.89. The first-order valence-corrected chi connectivity index (χ1v) is 7.87. The summed E-state index contributed by atoms with van der Waals surface area (Å²) in [5.74, 6) is 0.333. The van der Waals surface area contributed by atoms with E-state index in [1.165, 1.54) is 0 Å². The molecule has 0 radical (unpaired) electrons. The van der Waals surface area contributed by atoms with Gasteiger partial charge < -0.3 is 10.1 Å². The molecule has 120 valence electrons. The second kappa shape index (κ2) is 7.94. The highest BCUT2D eigenvalue weighted by Gasteiger charge is 2.09. The Morgan fingerprint density at radius 1 is 1.17 bits per heavy atom. The molecular weight excluding hydrogens is 332 g/mol. The second-order valence-electron chi connectivity index (χ2n) is 5.11. The van der Waals surface area contributed by atoms with Crippen molar-refractivity contribution in [3.8, 4) is 5.75 Å². The zero-order valence-corrected chi connectivity index (χ0v) is 14.4. The predicted molar refractivity (Wildman–Crippen MR) is 97.3 cm³/mol. The van der Waals surface area contributed by atoms with Gasteiger partial charge in [0.2, 0.25) is 0 Å². The monoisotopic (exact) mass is 348 g/mol. The summed E-state index contributed by atoms with van der Waals surface area (Å²) in [6.07, 6.45) is 0.0406. The molecule has 0 saturated carbocycles. The van der Waals surface area contributed by atoms with E-state index >= 15 is 0 Å². The summed E-state index contributed by atoms with van der Waals surface area (Å²) >= 11 is 11.0. The van der Waals surface area contributed by atoms with E-state index < -0.39 is 0 Å². The number of anilines is 1. The smallest absolute Gasteiger partial charge is 0.257 e. The van der Waals surface area contributed by atoms with Crippen LogP contribution in [0.2, 0.25) is 5.02 Å². The first kappa shape index (κ1) is 17.2. The first-order chi connectivity index (χ1) is 10.9. The number of nitrogens with one attached hydrogen (secondary N) is 2. The van der Waals surface area contributed by atoms with Crippen LogP contribution in [0.3, 0.4) is 0 Å². The van der Waals surface area contributed by atoms with Crippen molar-refractivity contribution < 1.29 is 9.53 Å². The highest BCUT2D eigenvalue weighted by Crippen LogP contribution is 2.16. The third-order valence-electron chi connectivity index (χ3n) is 2.78. The molecule has 6 heteroatoms. The van der Waals surface area contributed by atoms with E-state index in [1.54, 1.807) is 48.5 Å². The van der Waals surface area contributed by atoms with Crippen LogP contribution < -0.4 is 15.4 Å². The topological polar surface area (TPSA) is 50.4 Å². The van der Waals surface area contributed by atoms with Crippen molar-refractivity contribution in [2.45, 2.75) is 20.0 Å². The summed E-state index contributed by atoms with van der Waals surface area (Å²) in [5, 5.41) is 6.33. The quantitative estimate of drug-likeness (QED) is 0.811. The number of carbonyl (C=O) groups is 1. The molecule has 2 rings (SSSR count). The van der Waals surface area contributed by atoms with Crippen molar-refractivity contribution in [3.63, 3.8) is 0 Å². The summed E-state index contributed by atoms with van der Waals surface area (Å²) in [5.41, 5.74) is 1.18. The van der Waals surface area contributed by atoms with Crippen molar-refractivity contribution in [2.75, 3.05) is 5.32 Å². The van der Waals surface area contributed by atoms with E-state index in [9.17, 15) is 4.79 Å². The Kier molecular flexibility index (Phi) is 5.96. The maximum atomic E-state index is 12.2. The van der Waals surface area contributed by atoms with Crippen LogP contribution in [-0.2, 0) is 0 Å². The summed E-state index contributed by atoms with van der Waals surface area (Å²) in [4.78, 5) is 12.2. The minimum Gasteiger partial charge on any atom is -0.491 e. The molecule has 0 aliphatic rings. The molecule has 0 unspecified atom stereocenters. The number of ether oxygens (including phenoxy) is 1. The zero-order chi connectivity index (χ0) is 16.8. The molecule has 0 aromatic heterocycles. The number of halogens is 1. The lowest BCUT2D eigenvalue weighted by atomic mass is 10.2. The van der Waals surface area contributed by atoms with Crippen LogP contribution >= 0.6 is 23.8 Å². The molecule has 4 nitrogen and oxygen atoms in total. The summed E-state index contributed by atoms with van der Waals surface area (Å²) in [6.45, 7) is 3.85. The lowest BCUT2D eigenvalue weighted by molar-refractivity contribution is 0.0977. The van der Waals surface area contributed by atoms with Gasteiger partial charge >= 0.3 is 0 Å². The van der Waals surface area contributed by atoms with Gasteiger partial charge in [-0.25, -0.2) is 0 Å². The number of hydrogen-bond donors (Lipinski definition) is 2. The average Bonchev–Trinajstić information content (AvgIpc) is 2.46. The number of hydrogen-bond acceptors (Lipinski definition) is 3. The van der Waals surface area contributed by atoms with Gasteiger partial charge in [0.1, 0.15) is 5.75 Å². The van der Waals surface area contributed by atoms with E-state index in [0.29, 0.717) is 22.0 Å². The average molecular weight is 349 g/mol. The van der Waals surface area contributed by atoms with Crippen LogP contribution in [0, 0.1) is 0 Å². The van der Waals surface area contributed by atoms with Crippen molar-refractivity contribution >= 4 is 40.5 Å². The van der Waals surface area contributed by atoms with Gasteiger partial charge in [-0.2, -0.15) is 0 Å². The maximum absolute atomic E-state index is 12.2. The molecule has 0 bridgehead atoms. The van der Waals surface area contributed by atoms with Gasteiger partial charge in [0.25, 0.3) is 5.91 Å². The molecule has 0 heterocycles. The van der Waals surface area contributed by atoms with Gasteiger partial charge in [-0.3, -0.25) is 10.1 Å². The normalized spacial score (nSPS) is 10.3. The fraction of sp³-hybridized carbons (Fsp3) is 0.176. The Morgan fingerprint density at radius 2 is 1.91 bits per heavy atom. The van der Waals surface area contributed by atoms with E-state index in [2.05, 4.69) is 10.6 Å². The Labute approximate surface area is 145 Å². The Morgan fingerprint density at radius 3 is 2.61 bits per heavy atom. The molecule has 0 spiro atoms. The van der Waals surface area contributed by atoms with E-state index in [-0.39, 0.29) is 17.1 Å². The zero-order valence-electron chi connectivity index (χ0n) is 12.8. The van der Waals surface area contributed by atoms with Crippen molar-refractivity contribution in [3.05, 3.63) is 59.1 Å². The molecule has 2 aromatic rings. The van der Waals surface area contributed by atoms with Crippen LogP contribution in [0.4, 0.5) is 5.69 Å². The molecule has 1 amide bonds. The third-order valence-corrected chi connectivity index (χ3v) is 3.22. The SMILES string of the molecule is CC(C)Oc1cccc(C(=O)NC(=S)Nc2cccc(Cl)c2)c1. The molecule has 23 heavy (non-hydrogen) atoms. The number of benzene rings is 2. The minimum atomic E-state index is -0.307. The molecule has 0 aliphatic carbocycles. The van der Waals surface area contributed by atoms with Gasteiger partial charge in [-0.1, -0.05) is 23.7 Å². The predicted octanol–water partition coefficient (Wildman–Crippen LogP) is 4.25. The first-order valence-electron chi connectivity index (χ1n) is 7.08. The van der Waals surface area contributed by atoms with Gasteiger partial charge in [0.15, 0.2) is 5.11 Å². The van der Waals surface area contributed by atoms with Crippen molar-refractivity contribution in [1.29, 1.82) is 0 Å². The van der Waals surface area contributed by atoms with Gasteiger partial charge in [-0.05, 0) is 62.5 Å². The van der Waals surface area contributed by atoms with Crippen LogP contribution in [0.1, 0.15) is 24.2 Å². The Bertz CT molecular complexity index is 719. The third kappa shape index (κ3) is 5.54. The lowest BCUT2D eigenvalue weighted by Gasteiger charge is -2.12. The largest absolute Gasteiger partial charge is 0.491 e. The minimum absolute atomic E-state index is 0.0406. The van der Waals surface area contributed by atoms with Gasteiger partial charge in [0, 0.05) is 16.3 Å². The van der Waals surface area contributed by atoms with Crippen molar-refractivity contribution in [2.24, 2.45) is 0 Å². The molecule has 0 atom stereocenters. The standard InChI is InChI=1S/C17H17ClN2O2S/c1-11(2)22-15-8-3-5-12(9-15)16(21)20-17(23)19-14-7-4-6-13(18)10-14/h3-11H,1-2H3,(H2,19,20,21,23). The highest BCUT2D eigenvalue weighted by molar-refractivity contribution is 7.80. The number of rotatable bonds is 4. The van der Waals surface area contributed by atoms with Crippen molar-refractivity contribution in [1.82, 2.24) is 5.32 Å². The molecular formula is C17H17ClN2O2S. The number of amides is 1. The van der Waals surface area contributed by atoms with Gasteiger partial charge in [0.05, 0.1) is 6.10 Å². The van der Waals surface area contributed by atoms with E-state index in [1.807, 2.05) is 13.8 Å². The molecule has 2 N–H and O–H groups in total. The van der Waals surface area contributed by atoms with E-state index in [0.717, 1.165) is 0 Å². The Balaban J connectivity index is 1.99. The van der Waals surface area contributed by atoms with E-state index in [4.69, 9.17) is 28.6 Å². The van der Waals surface area contributed by atoms with Gasteiger partial charge in [-0.15, -0.1) is 0 Å². The van der Waals surface area contributed by atoms with Crippen LogP contribution in [0.25, 0.3) is 0 Å². The molecule has 0 aliphatic heterocycles. The highest BCUT2D eigenvalue weighted by atomic mass is 35.5. The fourth-order valence-corrected chi connectivity index (χ4v) is 2.29. The van der Waals surface area contributed by atoms with Crippen LogP contribution in [0.15, 0.2) is 48.5 Å². The van der Waals surface area contributed by atoms with Crippen LogP contribution in [-0.4, -0.2) is 17.1 Å². The Hall–Kier alpha value is -2.11. The number of thiocarbonyl (C=S) groups is 1. The summed E-state index contributed by atoms with van der Waals surface area (Å²) in [7, 11) is 0. The molecule has 2 aromatic carbocycles. The second-order valence-corrected chi connectivity index (χ2v) is 5.96. The maximum Gasteiger partial charge on any atom is 0.257 e. The molecule has 0 fully saturated rings. The number of carbonyl (C=O) groups excluding carboxylic acids is 1. The van der Waals surface area contributed by atoms with Crippen LogP contribution in [0.5, 0.6) is 5.75 Å². The lowest BCUT2D eigenvalue weighted by Crippen LogP contribution is -2.34. The summed E-state index contributed by atoms with van der Waals surface area (Å²) in [6, 6.07) is 14.0. The summed E-state index contributed by atoms with van der Waals surface area (Å²) < 4.78 is 5.58.